The largest absolute Gasteiger partial charge is 0.490 e. The van der Waals surface area contributed by atoms with Gasteiger partial charge in [-0.15, -0.1) is 0 Å². The van der Waals surface area contributed by atoms with Gasteiger partial charge in [-0.2, -0.15) is 0 Å². The van der Waals surface area contributed by atoms with Crippen molar-refractivity contribution in [3.63, 3.8) is 0 Å². The highest BCUT2D eigenvalue weighted by Gasteiger charge is 2.41. The quantitative estimate of drug-likeness (QED) is 0.773. The van der Waals surface area contributed by atoms with E-state index >= 15 is 0 Å². The van der Waals surface area contributed by atoms with E-state index in [9.17, 15) is 14.0 Å². The van der Waals surface area contributed by atoms with Gasteiger partial charge in [0.15, 0.2) is 0 Å². The third kappa shape index (κ3) is 2.75. The number of carbonyl (C=O) groups is 2. The number of hydrogen-bond acceptors (Lipinski definition) is 3. The Hall–Kier alpha value is -2.17. The van der Waals surface area contributed by atoms with Gasteiger partial charge >= 0.3 is 0 Å². The number of imide groups is 1. The summed E-state index contributed by atoms with van der Waals surface area (Å²) in [6.45, 7) is 1.79. The Bertz CT molecular complexity index is 749. The van der Waals surface area contributed by atoms with Gasteiger partial charge < -0.3 is 4.74 Å². The summed E-state index contributed by atoms with van der Waals surface area (Å²) in [4.78, 5) is 26.4. The lowest BCUT2D eigenvalue weighted by atomic mass is 9.93. The Morgan fingerprint density at radius 2 is 1.60 bits per heavy atom. The number of rotatable bonds is 3. The number of carbonyl (C=O) groups excluding carboxylic acids is 2. The second-order valence-corrected chi connectivity index (χ2v) is 7.20. The van der Waals surface area contributed by atoms with Crippen molar-refractivity contribution in [1.29, 1.82) is 0 Å². The molecule has 3 aliphatic rings. The highest BCUT2D eigenvalue weighted by Crippen LogP contribution is 2.39. The van der Waals surface area contributed by atoms with Crippen LogP contribution in [0.3, 0.4) is 0 Å². The van der Waals surface area contributed by atoms with Crippen LogP contribution in [-0.2, 0) is 9.59 Å². The van der Waals surface area contributed by atoms with Gasteiger partial charge in [-0.3, -0.25) is 9.59 Å². The summed E-state index contributed by atoms with van der Waals surface area (Å²) in [7, 11) is 0. The molecule has 1 aliphatic heterocycles. The van der Waals surface area contributed by atoms with Crippen molar-refractivity contribution in [2.45, 2.75) is 64.4 Å². The molecule has 1 aromatic carbocycles. The van der Waals surface area contributed by atoms with Gasteiger partial charge in [0.25, 0.3) is 11.8 Å². The van der Waals surface area contributed by atoms with Gasteiger partial charge in [0.05, 0.1) is 11.8 Å². The Kier molecular flexibility index (Phi) is 4.10. The summed E-state index contributed by atoms with van der Waals surface area (Å²) in [6.07, 6.45) is 7.40. The Morgan fingerprint density at radius 1 is 1.00 bits per heavy atom. The summed E-state index contributed by atoms with van der Waals surface area (Å²) in [6, 6.07) is 2.88. The third-order valence-electron chi connectivity index (χ3n) is 5.47. The first-order chi connectivity index (χ1) is 12.1. The van der Waals surface area contributed by atoms with Crippen LogP contribution in [0.1, 0.15) is 56.9 Å². The van der Waals surface area contributed by atoms with E-state index in [1.807, 2.05) is 0 Å². The van der Waals surface area contributed by atoms with E-state index in [4.69, 9.17) is 4.74 Å². The van der Waals surface area contributed by atoms with Gasteiger partial charge in [-0.25, -0.2) is 9.29 Å². The Balaban J connectivity index is 1.68. The van der Waals surface area contributed by atoms with Crippen molar-refractivity contribution in [2.75, 3.05) is 4.90 Å². The van der Waals surface area contributed by atoms with Crippen LogP contribution in [0, 0.1) is 12.7 Å². The topological polar surface area (TPSA) is 46.6 Å². The maximum absolute atomic E-state index is 14.6. The van der Waals surface area contributed by atoms with Crippen LogP contribution in [0.5, 0.6) is 5.75 Å². The molecular formula is C20H22FNO3. The molecule has 0 N–H and O–H groups in total. The predicted molar refractivity (Wildman–Crippen MR) is 92.0 cm³/mol. The maximum atomic E-state index is 14.6. The molecule has 25 heavy (non-hydrogen) atoms. The molecule has 132 valence electrons. The highest BCUT2D eigenvalue weighted by atomic mass is 19.1. The molecule has 0 atom stereocenters. The van der Waals surface area contributed by atoms with Crippen LogP contribution < -0.4 is 9.64 Å². The zero-order chi connectivity index (χ0) is 17.6. The van der Waals surface area contributed by atoms with Gasteiger partial charge in [0.1, 0.15) is 11.6 Å². The van der Waals surface area contributed by atoms with Crippen molar-refractivity contribution < 1.29 is 18.7 Å². The predicted octanol–water partition coefficient (Wildman–Crippen LogP) is 4.20. The van der Waals surface area contributed by atoms with Crippen molar-refractivity contribution >= 4 is 17.5 Å². The first kappa shape index (κ1) is 16.3. The molecule has 1 saturated carbocycles. The number of amides is 2. The molecule has 2 aliphatic carbocycles. The van der Waals surface area contributed by atoms with Gasteiger partial charge in [0, 0.05) is 17.2 Å². The number of benzene rings is 1. The molecule has 1 fully saturated rings. The lowest BCUT2D eigenvalue weighted by Crippen LogP contribution is -2.32. The monoisotopic (exact) mass is 343 g/mol. The number of ether oxygens (including phenoxy) is 1. The van der Waals surface area contributed by atoms with Crippen molar-refractivity contribution in [3.8, 4) is 5.75 Å². The molecule has 1 heterocycles. The van der Waals surface area contributed by atoms with E-state index in [-0.39, 0.29) is 23.6 Å². The first-order valence-corrected chi connectivity index (χ1v) is 9.14. The van der Waals surface area contributed by atoms with E-state index in [0.717, 1.165) is 43.4 Å². The molecule has 0 radical (unpaired) electrons. The van der Waals surface area contributed by atoms with E-state index in [2.05, 4.69) is 0 Å². The summed E-state index contributed by atoms with van der Waals surface area (Å²) < 4.78 is 20.6. The number of aryl methyl sites for hydroxylation is 1. The molecule has 0 unspecified atom stereocenters. The molecule has 1 aromatic rings. The number of anilines is 1. The normalized spacial score (nSPS) is 21.3. The third-order valence-corrected chi connectivity index (χ3v) is 5.47. The van der Waals surface area contributed by atoms with E-state index in [0.29, 0.717) is 35.3 Å². The molecule has 0 bridgehead atoms. The molecule has 0 saturated heterocycles. The average Bonchev–Trinajstić information content (AvgIpc) is 3.19. The van der Waals surface area contributed by atoms with E-state index in [1.165, 1.54) is 12.1 Å². The van der Waals surface area contributed by atoms with Gasteiger partial charge in [-0.05, 0) is 69.9 Å². The van der Waals surface area contributed by atoms with Crippen LogP contribution in [0.4, 0.5) is 10.1 Å². The molecule has 5 heteroatoms. The van der Waals surface area contributed by atoms with Gasteiger partial charge in [0.2, 0.25) is 0 Å². The fourth-order valence-corrected chi connectivity index (χ4v) is 4.08. The van der Waals surface area contributed by atoms with Crippen LogP contribution in [-0.4, -0.2) is 17.9 Å². The van der Waals surface area contributed by atoms with Crippen LogP contribution in [0.2, 0.25) is 0 Å². The summed E-state index contributed by atoms with van der Waals surface area (Å²) in [5.74, 6) is -0.727. The van der Waals surface area contributed by atoms with Crippen LogP contribution in [0.25, 0.3) is 0 Å². The van der Waals surface area contributed by atoms with Gasteiger partial charge in [-0.1, -0.05) is 0 Å². The zero-order valence-electron chi connectivity index (χ0n) is 14.4. The number of halogens is 1. The minimum absolute atomic E-state index is 0.0167. The maximum Gasteiger partial charge on any atom is 0.261 e. The molecular weight excluding hydrogens is 321 g/mol. The zero-order valence-corrected chi connectivity index (χ0v) is 14.4. The Morgan fingerprint density at radius 3 is 2.20 bits per heavy atom. The molecule has 4 nitrogen and oxygen atoms in total. The van der Waals surface area contributed by atoms with Crippen molar-refractivity contribution in [1.82, 2.24) is 0 Å². The first-order valence-electron chi connectivity index (χ1n) is 9.14. The summed E-state index contributed by atoms with van der Waals surface area (Å²) in [5, 5.41) is 0. The van der Waals surface area contributed by atoms with Crippen LogP contribution >= 0.6 is 0 Å². The van der Waals surface area contributed by atoms with Crippen LogP contribution in [0.15, 0.2) is 23.3 Å². The van der Waals surface area contributed by atoms with Crippen molar-refractivity contribution in [2.24, 2.45) is 0 Å². The molecule has 2 amide bonds. The Labute approximate surface area is 146 Å². The second kappa shape index (κ2) is 6.28. The molecule has 0 spiro atoms. The minimum atomic E-state index is -0.558. The average molecular weight is 343 g/mol. The standard InChI is InChI=1S/C20H22FNO3/c1-12-10-16(21)17(11-18(12)25-13-6-2-3-7-13)22-19(23)14-8-4-5-9-15(14)20(22)24/h10-11,13H,2-9H2,1H3. The number of hydrogen-bond donors (Lipinski definition) is 0. The molecule has 0 aromatic heterocycles. The molecule has 4 rings (SSSR count). The lowest BCUT2D eigenvalue weighted by Gasteiger charge is -2.20. The second-order valence-electron chi connectivity index (χ2n) is 7.20. The smallest absolute Gasteiger partial charge is 0.261 e. The summed E-state index contributed by atoms with van der Waals surface area (Å²) in [5.41, 5.74) is 1.83. The van der Waals surface area contributed by atoms with E-state index < -0.39 is 5.82 Å². The van der Waals surface area contributed by atoms with Crippen molar-refractivity contribution in [3.05, 3.63) is 34.7 Å². The highest BCUT2D eigenvalue weighted by molar-refractivity contribution is 6.33. The fourth-order valence-electron chi connectivity index (χ4n) is 4.08. The summed E-state index contributed by atoms with van der Waals surface area (Å²) >= 11 is 0. The SMILES string of the molecule is Cc1cc(F)c(N2C(=O)C3=C(CCCC3)C2=O)cc1OC1CCCC1. The fraction of sp³-hybridized carbons (Fsp3) is 0.500. The minimum Gasteiger partial charge on any atom is -0.490 e. The van der Waals surface area contributed by atoms with E-state index in [1.54, 1.807) is 6.92 Å². The lowest BCUT2D eigenvalue weighted by molar-refractivity contribution is -0.120. The number of nitrogens with zero attached hydrogens (tertiary/aromatic N) is 1.